The van der Waals surface area contributed by atoms with E-state index in [1.54, 1.807) is 11.3 Å². The van der Waals surface area contributed by atoms with E-state index in [1.165, 1.54) is 26.8 Å². The van der Waals surface area contributed by atoms with Gasteiger partial charge < -0.3 is 0 Å². The lowest BCUT2D eigenvalue weighted by molar-refractivity contribution is 1.49. The molecule has 0 saturated heterocycles. The van der Waals surface area contributed by atoms with Crippen molar-refractivity contribution in [2.45, 2.75) is 6.92 Å². The van der Waals surface area contributed by atoms with Gasteiger partial charge in [-0.05, 0) is 41.1 Å². The molecular weight excluding hydrogens is 212 g/mol. The summed E-state index contributed by atoms with van der Waals surface area (Å²) in [6.07, 6.45) is 0. The maximum Gasteiger partial charge on any atom is 0.0349 e. The van der Waals surface area contributed by atoms with Crippen LogP contribution in [0.15, 0.2) is 53.9 Å². The Balaban J connectivity index is 2.38. The van der Waals surface area contributed by atoms with Crippen LogP contribution in [-0.4, -0.2) is 0 Å². The average Bonchev–Trinajstić information content (AvgIpc) is 2.78. The number of benzene rings is 2. The first kappa shape index (κ1) is 9.61. The first-order chi connectivity index (χ1) is 7.86. The number of hydrogen-bond donors (Lipinski definition) is 0. The summed E-state index contributed by atoms with van der Waals surface area (Å²) in [5.74, 6) is 0. The molecule has 0 aliphatic rings. The molecule has 16 heavy (non-hydrogen) atoms. The van der Waals surface area contributed by atoms with Crippen LogP contribution in [0.2, 0.25) is 0 Å². The van der Waals surface area contributed by atoms with E-state index < -0.39 is 0 Å². The number of thiophene rings is 1. The minimum absolute atomic E-state index is 1.31. The topological polar surface area (TPSA) is 0 Å². The zero-order chi connectivity index (χ0) is 11.0. The molecule has 0 aliphatic heterocycles. The van der Waals surface area contributed by atoms with Gasteiger partial charge in [0.25, 0.3) is 0 Å². The molecule has 0 N–H and O–H groups in total. The summed E-state index contributed by atoms with van der Waals surface area (Å²) in [6.45, 7) is 2.18. The molecule has 0 bridgehead atoms. The largest absolute Gasteiger partial charge is 0.144 e. The van der Waals surface area contributed by atoms with E-state index in [1.807, 2.05) is 0 Å². The third-order valence-electron chi connectivity index (χ3n) is 2.91. The molecule has 2 aromatic carbocycles. The molecule has 1 heterocycles. The second-order valence-corrected chi connectivity index (χ2v) is 4.90. The van der Waals surface area contributed by atoms with Gasteiger partial charge in [-0.1, -0.05) is 36.4 Å². The van der Waals surface area contributed by atoms with Gasteiger partial charge in [0.2, 0.25) is 0 Å². The summed E-state index contributed by atoms with van der Waals surface area (Å²) in [5.41, 5.74) is 4.03. The summed E-state index contributed by atoms with van der Waals surface area (Å²) in [7, 11) is 0. The summed E-state index contributed by atoms with van der Waals surface area (Å²) in [6, 6.07) is 17.3. The molecule has 0 atom stereocenters. The zero-order valence-electron chi connectivity index (χ0n) is 9.10. The highest BCUT2D eigenvalue weighted by molar-refractivity contribution is 7.17. The highest BCUT2D eigenvalue weighted by Crippen LogP contribution is 2.34. The predicted molar refractivity (Wildman–Crippen MR) is 72.0 cm³/mol. The lowest BCUT2D eigenvalue weighted by Gasteiger charge is -2.07. The van der Waals surface area contributed by atoms with Crippen molar-refractivity contribution in [1.29, 1.82) is 0 Å². The van der Waals surface area contributed by atoms with Gasteiger partial charge in [0.1, 0.15) is 0 Å². The second kappa shape index (κ2) is 3.76. The highest BCUT2D eigenvalue weighted by Gasteiger charge is 2.07. The highest BCUT2D eigenvalue weighted by atomic mass is 32.1. The van der Waals surface area contributed by atoms with Crippen LogP contribution in [0.4, 0.5) is 0 Å². The van der Waals surface area contributed by atoms with Gasteiger partial charge in [0.15, 0.2) is 0 Å². The van der Waals surface area contributed by atoms with Crippen molar-refractivity contribution in [2.75, 3.05) is 0 Å². The number of fused-ring (bicyclic) bond motifs is 1. The van der Waals surface area contributed by atoms with Gasteiger partial charge in [0.05, 0.1) is 0 Å². The fraction of sp³-hybridized carbons (Fsp3) is 0.0667. The van der Waals surface area contributed by atoms with Crippen molar-refractivity contribution < 1.29 is 0 Å². The fourth-order valence-electron chi connectivity index (χ4n) is 2.14. The molecule has 78 valence electrons. The minimum Gasteiger partial charge on any atom is -0.144 e. The molecule has 1 aromatic heterocycles. The van der Waals surface area contributed by atoms with E-state index in [0.717, 1.165) is 0 Å². The van der Waals surface area contributed by atoms with Crippen LogP contribution in [0.3, 0.4) is 0 Å². The maximum atomic E-state index is 2.22. The monoisotopic (exact) mass is 224 g/mol. The molecule has 3 rings (SSSR count). The second-order valence-electron chi connectivity index (χ2n) is 3.96. The Morgan fingerprint density at radius 1 is 0.875 bits per heavy atom. The van der Waals surface area contributed by atoms with Crippen molar-refractivity contribution in [1.82, 2.24) is 0 Å². The first-order valence-corrected chi connectivity index (χ1v) is 6.26. The van der Waals surface area contributed by atoms with Crippen molar-refractivity contribution in [3.05, 3.63) is 59.5 Å². The molecule has 1 heteroatoms. The van der Waals surface area contributed by atoms with Crippen molar-refractivity contribution in [3.63, 3.8) is 0 Å². The van der Waals surface area contributed by atoms with Crippen LogP contribution in [0.1, 0.15) is 5.56 Å². The van der Waals surface area contributed by atoms with Gasteiger partial charge in [-0.15, -0.1) is 11.3 Å². The number of hydrogen-bond acceptors (Lipinski definition) is 1. The number of rotatable bonds is 1. The van der Waals surface area contributed by atoms with Gasteiger partial charge in [-0.25, -0.2) is 0 Å². The molecular formula is C15H12S. The smallest absolute Gasteiger partial charge is 0.0349 e. The first-order valence-electron chi connectivity index (χ1n) is 5.38. The third-order valence-corrected chi connectivity index (χ3v) is 3.79. The summed E-state index contributed by atoms with van der Waals surface area (Å²) < 4.78 is 1.37. The summed E-state index contributed by atoms with van der Waals surface area (Å²) >= 11 is 1.80. The van der Waals surface area contributed by atoms with Crippen molar-refractivity contribution >= 4 is 21.4 Å². The van der Waals surface area contributed by atoms with Crippen molar-refractivity contribution in [2.24, 2.45) is 0 Å². The maximum absolute atomic E-state index is 2.22. The van der Waals surface area contributed by atoms with Gasteiger partial charge in [0, 0.05) is 10.1 Å². The lowest BCUT2D eigenvalue weighted by atomic mass is 9.97. The van der Waals surface area contributed by atoms with E-state index in [2.05, 4.69) is 60.8 Å². The van der Waals surface area contributed by atoms with Crippen LogP contribution in [0.5, 0.6) is 0 Å². The molecule has 0 aliphatic carbocycles. The van der Waals surface area contributed by atoms with Crippen LogP contribution < -0.4 is 0 Å². The Hall–Kier alpha value is -1.60. The molecule has 0 saturated carbocycles. The molecule has 0 unspecified atom stereocenters. The normalized spacial score (nSPS) is 10.8. The molecule has 0 amide bonds. The minimum atomic E-state index is 1.31. The Labute approximate surface area is 99.2 Å². The van der Waals surface area contributed by atoms with Crippen LogP contribution in [0.25, 0.3) is 21.2 Å². The van der Waals surface area contributed by atoms with Gasteiger partial charge in [-0.2, -0.15) is 0 Å². The quantitative estimate of drug-likeness (QED) is 0.553. The third kappa shape index (κ3) is 1.44. The lowest BCUT2D eigenvalue weighted by Crippen LogP contribution is -1.83. The summed E-state index contributed by atoms with van der Waals surface area (Å²) in [5, 5.41) is 3.53. The standard InChI is InChI=1S/C15H12S/c1-11-7-8-14-13(9-10-16-14)15(11)12-5-3-2-4-6-12/h2-10H,1H3. The molecule has 0 nitrogen and oxygen atoms in total. The van der Waals surface area contributed by atoms with Crippen LogP contribution in [-0.2, 0) is 0 Å². The SMILES string of the molecule is Cc1ccc2sccc2c1-c1ccccc1. The van der Waals surface area contributed by atoms with Crippen LogP contribution in [0, 0.1) is 6.92 Å². The van der Waals surface area contributed by atoms with Crippen LogP contribution >= 0.6 is 11.3 Å². The molecule has 0 spiro atoms. The number of aryl methyl sites for hydroxylation is 1. The van der Waals surface area contributed by atoms with Crippen molar-refractivity contribution in [3.8, 4) is 11.1 Å². The van der Waals surface area contributed by atoms with Gasteiger partial charge >= 0.3 is 0 Å². The van der Waals surface area contributed by atoms with E-state index in [0.29, 0.717) is 0 Å². The van der Waals surface area contributed by atoms with E-state index in [9.17, 15) is 0 Å². The van der Waals surface area contributed by atoms with E-state index in [4.69, 9.17) is 0 Å². The van der Waals surface area contributed by atoms with Gasteiger partial charge in [-0.3, -0.25) is 0 Å². The van der Waals surface area contributed by atoms with E-state index >= 15 is 0 Å². The predicted octanol–water partition coefficient (Wildman–Crippen LogP) is 4.88. The van der Waals surface area contributed by atoms with E-state index in [-0.39, 0.29) is 0 Å². The fourth-order valence-corrected chi connectivity index (χ4v) is 2.94. The summed E-state index contributed by atoms with van der Waals surface area (Å²) in [4.78, 5) is 0. The Kier molecular flexibility index (Phi) is 2.26. The molecule has 3 aromatic rings. The molecule has 0 radical (unpaired) electrons. The zero-order valence-corrected chi connectivity index (χ0v) is 9.92. The molecule has 0 fully saturated rings. The Morgan fingerprint density at radius 3 is 2.50 bits per heavy atom. The Morgan fingerprint density at radius 2 is 1.69 bits per heavy atom. The Bertz CT molecular complexity index is 620. The average molecular weight is 224 g/mol.